The molecule has 0 radical (unpaired) electrons. The zero-order chi connectivity index (χ0) is 13.1. The van der Waals surface area contributed by atoms with Crippen LogP contribution in [0.2, 0.25) is 4.34 Å². The maximum atomic E-state index is 10.6. The Morgan fingerprint density at radius 2 is 2.33 bits per heavy atom. The summed E-state index contributed by atoms with van der Waals surface area (Å²) in [6.07, 6.45) is 1.26. The first-order valence-electron chi connectivity index (χ1n) is 5.15. The van der Waals surface area contributed by atoms with Crippen LogP contribution in [0, 0.1) is 17.0 Å². The molecule has 0 saturated heterocycles. The molecule has 0 atom stereocenters. The molecule has 2 aromatic heterocycles. The fourth-order valence-electron chi connectivity index (χ4n) is 1.46. The molecule has 0 unspecified atom stereocenters. The molecule has 7 heteroatoms. The first kappa shape index (κ1) is 12.8. The second-order valence-electron chi connectivity index (χ2n) is 3.67. The van der Waals surface area contributed by atoms with E-state index in [1.54, 1.807) is 13.0 Å². The molecule has 0 aromatic carbocycles. The summed E-state index contributed by atoms with van der Waals surface area (Å²) in [6.45, 7) is 2.29. The molecule has 2 heterocycles. The van der Waals surface area contributed by atoms with Crippen LogP contribution in [-0.2, 0) is 6.54 Å². The Labute approximate surface area is 113 Å². The van der Waals surface area contributed by atoms with Gasteiger partial charge in [-0.15, -0.1) is 11.3 Å². The maximum Gasteiger partial charge on any atom is 0.290 e. The zero-order valence-corrected chi connectivity index (χ0v) is 11.1. The van der Waals surface area contributed by atoms with Crippen molar-refractivity contribution < 1.29 is 4.92 Å². The highest BCUT2D eigenvalue weighted by Gasteiger charge is 2.11. The van der Waals surface area contributed by atoms with Gasteiger partial charge in [-0.05, 0) is 25.1 Å². The molecule has 18 heavy (non-hydrogen) atoms. The van der Waals surface area contributed by atoms with Crippen LogP contribution in [0.1, 0.15) is 10.4 Å². The number of nitrogens with zero attached hydrogens (tertiary/aromatic N) is 2. The third-order valence-electron chi connectivity index (χ3n) is 2.35. The lowest BCUT2D eigenvalue weighted by Crippen LogP contribution is -2.01. The zero-order valence-electron chi connectivity index (χ0n) is 9.51. The van der Waals surface area contributed by atoms with Gasteiger partial charge in [0.1, 0.15) is 12.0 Å². The maximum absolute atomic E-state index is 10.6. The number of aromatic nitrogens is 1. The van der Waals surface area contributed by atoms with Gasteiger partial charge < -0.3 is 5.32 Å². The molecule has 2 rings (SSSR count). The number of hydrogen-bond donors (Lipinski definition) is 1. The second-order valence-corrected chi connectivity index (χ2v) is 5.47. The molecule has 1 N–H and O–H groups in total. The Kier molecular flexibility index (Phi) is 3.78. The van der Waals surface area contributed by atoms with Crippen molar-refractivity contribution in [2.45, 2.75) is 13.5 Å². The van der Waals surface area contributed by atoms with E-state index < -0.39 is 4.92 Å². The molecule has 0 saturated carbocycles. The predicted molar refractivity (Wildman–Crippen MR) is 72.3 cm³/mol. The van der Waals surface area contributed by atoms with Gasteiger partial charge in [-0.1, -0.05) is 11.6 Å². The van der Waals surface area contributed by atoms with Crippen LogP contribution in [0.4, 0.5) is 11.5 Å². The van der Waals surface area contributed by atoms with E-state index in [4.69, 9.17) is 11.6 Å². The summed E-state index contributed by atoms with van der Waals surface area (Å²) < 4.78 is 0.736. The van der Waals surface area contributed by atoms with Crippen molar-refractivity contribution in [2.24, 2.45) is 0 Å². The van der Waals surface area contributed by atoms with Crippen LogP contribution in [0.5, 0.6) is 0 Å². The normalized spacial score (nSPS) is 10.3. The minimum Gasteiger partial charge on any atom is -0.365 e. The number of rotatable bonds is 4. The van der Waals surface area contributed by atoms with Crippen LogP contribution >= 0.6 is 22.9 Å². The fourth-order valence-corrected chi connectivity index (χ4v) is 2.49. The molecule has 0 amide bonds. The van der Waals surface area contributed by atoms with E-state index in [1.807, 2.05) is 12.1 Å². The number of nitrogens with one attached hydrogen (secondary N) is 1. The van der Waals surface area contributed by atoms with Gasteiger partial charge in [-0.25, -0.2) is 4.98 Å². The summed E-state index contributed by atoms with van der Waals surface area (Å²) in [5.41, 5.74) is 0.612. The molecular weight excluding hydrogens is 274 g/mol. The van der Waals surface area contributed by atoms with E-state index in [2.05, 4.69) is 10.3 Å². The predicted octanol–water partition coefficient (Wildman–Crippen LogP) is 3.63. The smallest absolute Gasteiger partial charge is 0.290 e. The molecule has 5 nitrogen and oxygen atoms in total. The second kappa shape index (κ2) is 5.32. The van der Waals surface area contributed by atoms with Gasteiger partial charge in [-0.3, -0.25) is 10.1 Å². The number of hydrogen-bond acceptors (Lipinski definition) is 5. The standard InChI is InChI=1S/C11H10ClN3O2S/c1-7-4-11(14-6-9(7)15(16)17)13-5-8-2-3-10(12)18-8/h2-4,6H,5H2,1H3,(H,13,14). The SMILES string of the molecule is Cc1cc(NCc2ccc(Cl)s2)ncc1[N+](=O)[O-]. The summed E-state index contributed by atoms with van der Waals surface area (Å²) in [4.78, 5) is 15.3. The molecule has 0 aliphatic rings. The van der Waals surface area contributed by atoms with Gasteiger partial charge in [0.05, 0.1) is 15.8 Å². The number of thiophene rings is 1. The van der Waals surface area contributed by atoms with Crippen molar-refractivity contribution in [1.82, 2.24) is 4.98 Å². The lowest BCUT2D eigenvalue weighted by Gasteiger charge is -2.04. The summed E-state index contributed by atoms with van der Waals surface area (Å²) in [5, 5.41) is 13.7. The van der Waals surface area contributed by atoms with Crippen LogP contribution in [0.3, 0.4) is 0 Å². The highest BCUT2D eigenvalue weighted by molar-refractivity contribution is 7.16. The number of anilines is 1. The highest BCUT2D eigenvalue weighted by atomic mass is 35.5. The van der Waals surface area contributed by atoms with E-state index in [9.17, 15) is 10.1 Å². The molecular formula is C11H10ClN3O2S. The van der Waals surface area contributed by atoms with Gasteiger partial charge in [0.2, 0.25) is 0 Å². The third kappa shape index (κ3) is 2.96. The van der Waals surface area contributed by atoms with Crippen molar-refractivity contribution >= 4 is 34.4 Å². The van der Waals surface area contributed by atoms with E-state index in [0.717, 1.165) is 9.21 Å². The van der Waals surface area contributed by atoms with Crippen molar-refractivity contribution in [2.75, 3.05) is 5.32 Å². The Balaban J connectivity index is 2.06. The van der Waals surface area contributed by atoms with E-state index in [-0.39, 0.29) is 5.69 Å². The Hall–Kier alpha value is -1.66. The van der Waals surface area contributed by atoms with Crippen molar-refractivity contribution in [1.29, 1.82) is 0 Å². The molecule has 0 spiro atoms. The largest absolute Gasteiger partial charge is 0.365 e. The number of halogens is 1. The van der Waals surface area contributed by atoms with E-state index in [0.29, 0.717) is 17.9 Å². The average molecular weight is 284 g/mol. The summed E-state index contributed by atoms with van der Waals surface area (Å²) in [6, 6.07) is 5.42. The van der Waals surface area contributed by atoms with Gasteiger partial charge in [-0.2, -0.15) is 0 Å². The van der Waals surface area contributed by atoms with Crippen molar-refractivity contribution in [3.63, 3.8) is 0 Å². The minimum absolute atomic E-state index is 0.0275. The Morgan fingerprint density at radius 1 is 1.56 bits per heavy atom. The van der Waals surface area contributed by atoms with Gasteiger partial charge >= 0.3 is 0 Å². The molecule has 0 aliphatic carbocycles. The number of pyridine rings is 1. The quantitative estimate of drug-likeness (QED) is 0.687. The van der Waals surface area contributed by atoms with Crippen molar-refractivity contribution in [3.8, 4) is 0 Å². The molecule has 0 bridgehead atoms. The van der Waals surface area contributed by atoms with E-state index >= 15 is 0 Å². The average Bonchev–Trinajstić information content (AvgIpc) is 2.72. The monoisotopic (exact) mass is 283 g/mol. The topological polar surface area (TPSA) is 68.1 Å². The summed E-state index contributed by atoms with van der Waals surface area (Å²) in [5.74, 6) is 0.614. The van der Waals surface area contributed by atoms with Gasteiger partial charge in [0, 0.05) is 10.4 Å². The Bertz CT molecular complexity index is 585. The van der Waals surface area contributed by atoms with Crippen LogP contribution in [0.25, 0.3) is 0 Å². The summed E-state index contributed by atoms with van der Waals surface area (Å²) >= 11 is 7.31. The van der Waals surface area contributed by atoms with Gasteiger partial charge in [0.25, 0.3) is 5.69 Å². The molecule has 94 valence electrons. The first-order valence-corrected chi connectivity index (χ1v) is 6.35. The van der Waals surface area contributed by atoms with Crippen molar-refractivity contribution in [3.05, 3.63) is 49.3 Å². The molecule has 0 aliphatic heterocycles. The highest BCUT2D eigenvalue weighted by Crippen LogP contribution is 2.23. The Morgan fingerprint density at radius 3 is 2.89 bits per heavy atom. The fraction of sp³-hybridized carbons (Fsp3) is 0.182. The number of aryl methyl sites for hydroxylation is 1. The van der Waals surface area contributed by atoms with Crippen LogP contribution in [-0.4, -0.2) is 9.91 Å². The lowest BCUT2D eigenvalue weighted by molar-refractivity contribution is -0.385. The number of nitro groups is 1. The first-order chi connectivity index (χ1) is 8.56. The minimum atomic E-state index is -0.439. The van der Waals surface area contributed by atoms with Crippen LogP contribution < -0.4 is 5.32 Å². The lowest BCUT2D eigenvalue weighted by atomic mass is 10.2. The third-order valence-corrected chi connectivity index (χ3v) is 3.58. The molecule has 0 fully saturated rings. The van der Waals surface area contributed by atoms with E-state index in [1.165, 1.54) is 17.5 Å². The van der Waals surface area contributed by atoms with Crippen LogP contribution in [0.15, 0.2) is 24.4 Å². The molecule has 2 aromatic rings. The van der Waals surface area contributed by atoms with Gasteiger partial charge in [0.15, 0.2) is 0 Å². The summed E-state index contributed by atoms with van der Waals surface area (Å²) in [7, 11) is 0.